The molecule has 0 radical (unpaired) electrons. The van der Waals surface area contributed by atoms with Crippen LogP contribution < -0.4 is 16.4 Å². The van der Waals surface area contributed by atoms with Crippen molar-refractivity contribution >= 4 is 11.7 Å². The Labute approximate surface area is 108 Å². The molecule has 1 saturated carbocycles. The maximum atomic E-state index is 11.7. The number of urea groups is 1. The molecule has 0 bridgehead atoms. The smallest absolute Gasteiger partial charge is 0.319 e. The first-order valence-electron chi connectivity index (χ1n) is 6.35. The molecule has 1 aliphatic carbocycles. The van der Waals surface area contributed by atoms with Gasteiger partial charge in [-0.25, -0.2) is 4.79 Å². The van der Waals surface area contributed by atoms with Crippen molar-refractivity contribution in [2.75, 3.05) is 11.9 Å². The molecule has 0 spiro atoms. The number of carbonyl (C=O) groups is 1. The monoisotopic (exact) mass is 247 g/mol. The van der Waals surface area contributed by atoms with Crippen molar-refractivity contribution in [3.05, 3.63) is 29.8 Å². The van der Waals surface area contributed by atoms with Crippen LogP contribution in [0.3, 0.4) is 0 Å². The summed E-state index contributed by atoms with van der Waals surface area (Å²) in [6.45, 7) is 5.72. The van der Waals surface area contributed by atoms with E-state index >= 15 is 0 Å². The van der Waals surface area contributed by atoms with Gasteiger partial charge in [-0.3, -0.25) is 0 Å². The lowest BCUT2D eigenvalue weighted by Crippen LogP contribution is -2.31. The Kier molecular flexibility index (Phi) is 3.57. The molecule has 1 aliphatic rings. The second-order valence-corrected chi connectivity index (χ2v) is 5.63. The lowest BCUT2D eigenvalue weighted by molar-refractivity contribution is 0.251. The summed E-state index contributed by atoms with van der Waals surface area (Å²) in [5.74, 6) is 0.614. The minimum Gasteiger partial charge on any atom is -0.338 e. The van der Waals surface area contributed by atoms with Crippen LogP contribution in [0, 0.1) is 11.3 Å². The highest BCUT2D eigenvalue weighted by Crippen LogP contribution is 2.50. The van der Waals surface area contributed by atoms with Gasteiger partial charge < -0.3 is 16.4 Å². The van der Waals surface area contributed by atoms with E-state index in [0.29, 0.717) is 17.9 Å². The largest absolute Gasteiger partial charge is 0.338 e. The van der Waals surface area contributed by atoms with Crippen molar-refractivity contribution in [1.29, 1.82) is 0 Å². The third kappa shape index (κ3) is 3.23. The number of nitrogens with two attached hydrogens (primary N) is 1. The highest BCUT2D eigenvalue weighted by Gasteiger charge is 2.45. The van der Waals surface area contributed by atoms with Crippen molar-refractivity contribution in [2.24, 2.45) is 17.1 Å². The molecule has 4 heteroatoms. The van der Waals surface area contributed by atoms with Gasteiger partial charge >= 0.3 is 6.03 Å². The van der Waals surface area contributed by atoms with Crippen molar-refractivity contribution in [3.63, 3.8) is 0 Å². The number of nitrogens with one attached hydrogen (secondary N) is 2. The van der Waals surface area contributed by atoms with E-state index < -0.39 is 0 Å². The van der Waals surface area contributed by atoms with E-state index in [-0.39, 0.29) is 6.03 Å². The molecule has 98 valence electrons. The van der Waals surface area contributed by atoms with E-state index in [1.165, 1.54) is 6.42 Å². The lowest BCUT2D eigenvalue weighted by atomic mass is 10.1. The molecular formula is C14H21N3O. The van der Waals surface area contributed by atoms with E-state index in [2.05, 4.69) is 24.5 Å². The van der Waals surface area contributed by atoms with Crippen molar-refractivity contribution < 1.29 is 4.79 Å². The van der Waals surface area contributed by atoms with Crippen molar-refractivity contribution in [2.45, 2.75) is 26.8 Å². The molecule has 2 amide bonds. The van der Waals surface area contributed by atoms with Gasteiger partial charge in [0.2, 0.25) is 0 Å². The molecule has 1 atom stereocenters. The van der Waals surface area contributed by atoms with Gasteiger partial charge in [-0.15, -0.1) is 0 Å². The van der Waals surface area contributed by atoms with Crippen molar-refractivity contribution in [1.82, 2.24) is 5.32 Å². The average molecular weight is 247 g/mol. The summed E-state index contributed by atoms with van der Waals surface area (Å²) in [5, 5.41) is 5.72. The molecule has 1 unspecified atom stereocenters. The molecule has 1 aromatic rings. The van der Waals surface area contributed by atoms with Crippen LogP contribution in [0.2, 0.25) is 0 Å². The fraction of sp³-hybridized carbons (Fsp3) is 0.500. The van der Waals surface area contributed by atoms with E-state index in [4.69, 9.17) is 5.73 Å². The van der Waals surface area contributed by atoms with Crippen LogP contribution in [0.1, 0.15) is 25.8 Å². The molecule has 4 N–H and O–H groups in total. The predicted molar refractivity (Wildman–Crippen MR) is 73.2 cm³/mol. The maximum Gasteiger partial charge on any atom is 0.319 e. The van der Waals surface area contributed by atoms with Crippen LogP contribution in [0.4, 0.5) is 10.5 Å². The third-order valence-electron chi connectivity index (χ3n) is 3.67. The SMILES string of the molecule is CC1(C)CC1CNC(=O)Nc1ccc(CN)cc1. The number of hydrogen-bond acceptors (Lipinski definition) is 2. The number of hydrogen-bond donors (Lipinski definition) is 3. The summed E-state index contributed by atoms with van der Waals surface area (Å²) in [7, 11) is 0. The van der Waals surface area contributed by atoms with Crippen LogP contribution in [-0.2, 0) is 6.54 Å². The molecule has 1 fully saturated rings. The molecule has 4 nitrogen and oxygen atoms in total. The minimum atomic E-state index is -0.141. The Hall–Kier alpha value is -1.55. The van der Waals surface area contributed by atoms with Crippen LogP contribution in [-0.4, -0.2) is 12.6 Å². The fourth-order valence-corrected chi connectivity index (χ4v) is 2.04. The van der Waals surface area contributed by atoms with Crippen LogP contribution in [0.15, 0.2) is 24.3 Å². The van der Waals surface area contributed by atoms with Gasteiger partial charge in [-0.05, 0) is 35.4 Å². The molecule has 0 aromatic heterocycles. The molecule has 1 aromatic carbocycles. The zero-order valence-corrected chi connectivity index (χ0v) is 11.0. The third-order valence-corrected chi connectivity index (χ3v) is 3.67. The normalized spacial score (nSPS) is 20.3. The van der Waals surface area contributed by atoms with Gasteiger partial charge in [0, 0.05) is 18.8 Å². The number of carbonyl (C=O) groups excluding carboxylic acids is 1. The quantitative estimate of drug-likeness (QED) is 0.764. The predicted octanol–water partition coefficient (Wildman–Crippen LogP) is 2.31. The first kappa shape index (κ1) is 12.9. The highest BCUT2D eigenvalue weighted by atomic mass is 16.2. The number of amides is 2. The topological polar surface area (TPSA) is 67.2 Å². The van der Waals surface area contributed by atoms with Crippen LogP contribution in [0.25, 0.3) is 0 Å². The molecule has 0 saturated heterocycles. The summed E-state index contributed by atoms with van der Waals surface area (Å²) in [4.78, 5) is 11.7. The number of rotatable bonds is 4. The van der Waals surface area contributed by atoms with Gasteiger partial charge in [0.05, 0.1) is 0 Å². The first-order valence-corrected chi connectivity index (χ1v) is 6.35. The summed E-state index contributed by atoms with van der Waals surface area (Å²) in [6, 6.07) is 7.42. The standard InChI is InChI=1S/C14H21N3O/c1-14(2)7-11(14)9-16-13(18)17-12-5-3-10(8-15)4-6-12/h3-6,11H,7-9,15H2,1-2H3,(H2,16,17,18). The Balaban J connectivity index is 1.76. The van der Waals surface area contributed by atoms with Crippen LogP contribution >= 0.6 is 0 Å². The van der Waals surface area contributed by atoms with Gasteiger partial charge in [0.15, 0.2) is 0 Å². The second kappa shape index (κ2) is 4.98. The number of benzene rings is 1. The average Bonchev–Trinajstić information content (AvgIpc) is 2.96. The highest BCUT2D eigenvalue weighted by molar-refractivity contribution is 5.89. The maximum absolute atomic E-state index is 11.7. The zero-order valence-electron chi connectivity index (χ0n) is 11.0. The molecule has 0 heterocycles. The summed E-state index contributed by atoms with van der Waals surface area (Å²) in [5.41, 5.74) is 7.76. The van der Waals surface area contributed by atoms with Gasteiger partial charge in [-0.1, -0.05) is 26.0 Å². The molecule has 2 rings (SSSR count). The fourth-order valence-electron chi connectivity index (χ4n) is 2.04. The van der Waals surface area contributed by atoms with Crippen LogP contribution in [0.5, 0.6) is 0 Å². The van der Waals surface area contributed by atoms with E-state index in [1.54, 1.807) is 0 Å². The van der Waals surface area contributed by atoms with Crippen molar-refractivity contribution in [3.8, 4) is 0 Å². The van der Waals surface area contributed by atoms with E-state index in [0.717, 1.165) is 17.8 Å². The number of anilines is 1. The van der Waals surface area contributed by atoms with Gasteiger partial charge in [-0.2, -0.15) is 0 Å². The molecule has 18 heavy (non-hydrogen) atoms. The second-order valence-electron chi connectivity index (χ2n) is 5.63. The zero-order chi connectivity index (χ0) is 13.2. The van der Waals surface area contributed by atoms with E-state index in [9.17, 15) is 4.79 Å². The molecule has 0 aliphatic heterocycles. The Bertz CT molecular complexity index is 425. The Morgan fingerprint density at radius 3 is 2.50 bits per heavy atom. The summed E-state index contributed by atoms with van der Waals surface area (Å²) < 4.78 is 0. The van der Waals surface area contributed by atoms with Gasteiger partial charge in [0.25, 0.3) is 0 Å². The lowest BCUT2D eigenvalue weighted by Gasteiger charge is -2.09. The minimum absolute atomic E-state index is 0.141. The Morgan fingerprint density at radius 2 is 2.00 bits per heavy atom. The molecular weight excluding hydrogens is 226 g/mol. The summed E-state index contributed by atoms with van der Waals surface area (Å²) in [6.07, 6.45) is 1.19. The summed E-state index contributed by atoms with van der Waals surface area (Å²) >= 11 is 0. The Morgan fingerprint density at radius 1 is 1.39 bits per heavy atom. The first-order chi connectivity index (χ1) is 8.51. The van der Waals surface area contributed by atoms with Gasteiger partial charge in [0.1, 0.15) is 0 Å². The van der Waals surface area contributed by atoms with E-state index in [1.807, 2.05) is 24.3 Å².